The summed E-state index contributed by atoms with van der Waals surface area (Å²) in [5.74, 6) is -0.0892. The highest BCUT2D eigenvalue weighted by molar-refractivity contribution is 9.11. The minimum atomic E-state index is -0.242. The number of aryl methyl sites for hydroxylation is 1. The molecule has 3 aliphatic heterocycles. The summed E-state index contributed by atoms with van der Waals surface area (Å²) in [5, 5.41) is 2.98. The molecule has 3 fully saturated rings. The van der Waals surface area contributed by atoms with Gasteiger partial charge in [0.25, 0.3) is 11.8 Å². The van der Waals surface area contributed by atoms with Crippen LogP contribution in [0.2, 0.25) is 0 Å². The highest BCUT2D eigenvalue weighted by Crippen LogP contribution is 2.28. The molecule has 5 rings (SSSR count). The lowest BCUT2D eigenvalue weighted by Gasteiger charge is -2.29. The summed E-state index contributed by atoms with van der Waals surface area (Å²) >= 11 is 4.75. The average Bonchev–Trinajstić information content (AvgIpc) is 3.62. The van der Waals surface area contributed by atoms with Gasteiger partial charge in [-0.2, -0.15) is 0 Å². The van der Waals surface area contributed by atoms with Crippen LogP contribution < -0.4 is 10.2 Å². The Kier molecular flexibility index (Phi) is 7.27. The van der Waals surface area contributed by atoms with Crippen LogP contribution in [-0.4, -0.2) is 72.3 Å². The van der Waals surface area contributed by atoms with Gasteiger partial charge in [-0.1, -0.05) is 0 Å². The normalized spacial score (nSPS) is 22.9. The Morgan fingerprint density at radius 1 is 1.11 bits per heavy atom. The third kappa shape index (κ3) is 5.32. The van der Waals surface area contributed by atoms with E-state index < -0.39 is 0 Å². The fraction of sp³-hybridized carbons (Fsp3) is 0.500. The summed E-state index contributed by atoms with van der Waals surface area (Å²) < 4.78 is 0.896. The average molecular weight is 560 g/mol. The number of hydrogen-bond donors (Lipinski definition) is 1. The van der Waals surface area contributed by atoms with Crippen molar-refractivity contribution in [2.24, 2.45) is 0 Å². The summed E-state index contributed by atoms with van der Waals surface area (Å²) in [6, 6.07) is 9.31. The van der Waals surface area contributed by atoms with Gasteiger partial charge < -0.3 is 20.0 Å². The number of rotatable bonds is 6. The van der Waals surface area contributed by atoms with Crippen molar-refractivity contribution in [3.05, 3.63) is 50.1 Å². The van der Waals surface area contributed by atoms with Crippen LogP contribution in [0.1, 0.15) is 57.7 Å². The minimum Gasteiger partial charge on any atom is -0.346 e. The molecule has 0 spiro atoms. The second-order valence-electron chi connectivity index (χ2n) is 9.78. The first-order valence-electron chi connectivity index (χ1n) is 12.4. The van der Waals surface area contributed by atoms with E-state index in [4.69, 9.17) is 0 Å². The molecular formula is C26H31BrN4O3S. The maximum absolute atomic E-state index is 13.4. The Morgan fingerprint density at radius 3 is 2.63 bits per heavy atom. The van der Waals surface area contributed by atoms with E-state index in [-0.39, 0.29) is 36.2 Å². The van der Waals surface area contributed by atoms with Crippen LogP contribution >= 0.6 is 27.3 Å². The number of likely N-dealkylation sites (tertiary alicyclic amines) is 2. The van der Waals surface area contributed by atoms with Crippen molar-refractivity contribution in [2.75, 3.05) is 37.6 Å². The number of anilines is 1. The molecule has 2 atom stereocenters. The molecule has 0 saturated carbocycles. The molecule has 35 heavy (non-hydrogen) atoms. The number of nitrogens with zero attached hydrogens (tertiary/aromatic N) is 3. The molecule has 186 valence electrons. The maximum Gasteiger partial charge on any atom is 0.261 e. The first kappa shape index (κ1) is 24.5. The summed E-state index contributed by atoms with van der Waals surface area (Å²) in [7, 11) is 0. The van der Waals surface area contributed by atoms with Crippen molar-refractivity contribution in [1.29, 1.82) is 0 Å². The Labute approximate surface area is 218 Å². The molecule has 0 unspecified atom stereocenters. The fourth-order valence-electron chi connectivity index (χ4n) is 5.51. The highest BCUT2D eigenvalue weighted by Gasteiger charge is 2.34. The van der Waals surface area contributed by atoms with E-state index >= 15 is 0 Å². The van der Waals surface area contributed by atoms with Crippen molar-refractivity contribution in [1.82, 2.24) is 15.1 Å². The number of carbonyl (C=O) groups is 3. The number of benzene rings is 1. The summed E-state index contributed by atoms with van der Waals surface area (Å²) in [6.07, 6.45) is 4.90. The molecule has 9 heteroatoms. The number of nitrogens with one attached hydrogen (secondary N) is 1. The Bertz CT molecular complexity index is 1130. The molecule has 3 amide bonds. The predicted octanol–water partition coefficient (Wildman–Crippen LogP) is 4.05. The Hall–Kier alpha value is -2.23. The number of thiophene rings is 1. The quantitative estimate of drug-likeness (QED) is 0.580. The van der Waals surface area contributed by atoms with E-state index in [0.717, 1.165) is 54.1 Å². The van der Waals surface area contributed by atoms with Crippen LogP contribution in [0.25, 0.3) is 0 Å². The van der Waals surface area contributed by atoms with Gasteiger partial charge in [0, 0.05) is 43.3 Å². The zero-order valence-corrected chi connectivity index (χ0v) is 22.4. The maximum atomic E-state index is 13.4. The van der Waals surface area contributed by atoms with Crippen LogP contribution in [0.15, 0.2) is 34.1 Å². The van der Waals surface area contributed by atoms with Crippen molar-refractivity contribution in [3.8, 4) is 0 Å². The SMILES string of the molecule is Cc1cc(N2C[C@H](NC(=O)c3ccc(Br)s3)CC2=O)ccc1C(=O)N1CCC[C@H]1CN1CCCC1. The molecule has 0 aliphatic carbocycles. The van der Waals surface area contributed by atoms with Gasteiger partial charge in [-0.15, -0.1) is 11.3 Å². The van der Waals surface area contributed by atoms with Gasteiger partial charge in [-0.25, -0.2) is 0 Å². The van der Waals surface area contributed by atoms with Crippen LogP contribution in [-0.2, 0) is 4.79 Å². The van der Waals surface area contributed by atoms with E-state index in [1.165, 1.54) is 24.2 Å². The molecular weight excluding hydrogens is 528 g/mol. The van der Waals surface area contributed by atoms with Gasteiger partial charge in [0.05, 0.1) is 14.7 Å². The van der Waals surface area contributed by atoms with Gasteiger partial charge in [-0.3, -0.25) is 14.4 Å². The summed E-state index contributed by atoms with van der Waals surface area (Å²) in [6.45, 7) is 6.43. The van der Waals surface area contributed by atoms with Gasteiger partial charge in [-0.05, 0) is 97.5 Å². The molecule has 1 N–H and O–H groups in total. The lowest BCUT2D eigenvalue weighted by Crippen LogP contribution is -2.42. The first-order chi connectivity index (χ1) is 16.9. The Morgan fingerprint density at radius 2 is 1.91 bits per heavy atom. The molecule has 3 aliphatic rings. The minimum absolute atomic E-state index is 0.0219. The molecule has 1 aromatic carbocycles. The summed E-state index contributed by atoms with van der Waals surface area (Å²) in [4.78, 5) is 45.5. The van der Waals surface area contributed by atoms with E-state index in [1.54, 1.807) is 11.0 Å². The first-order valence-corrected chi connectivity index (χ1v) is 14.0. The molecule has 4 heterocycles. The molecule has 2 aromatic rings. The van der Waals surface area contributed by atoms with E-state index in [2.05, 4.69) is 31.0 Å². The second kappa shape index (κ2) is 10.4. The monoisotopic (exact) mass is 558 g/mol. The van der Waals surface area contributed by atoms with Crippen LogP contribution in [0.5, 0.6) is 0 Å². The highest BCUT2D eigenvalue weighted by atomic mass is 79.9. The van der Waals surface area contributed by atoms with E-state index in [0.29, 0.717) is 17.0 Å². The summed E-state index contributed by atoms with van der Waals surface area (Å²) in [5.41, 5.74) is 2.36. The van der Waals surface area contributed by atoms with Gasteiger partial charge in [0.15, 0.2) is 0 Å². The number of halogens is 1. The number of amides is 3. The fourth-order valence-corrected chi connectivity index (χ4v) is 6.80. The molecule has 0 bridgehead atoms. The molecule has 0 radical (unpaired) electrons. The van der Waals surface area contributed by atoms with Gasteiger partial charge in [0.2, 0.25) is 5.91 Å². The van der Waals surface area contributed by atoms with Crippen molar-refractivity contribution >= 4 is 50.7 Å². The zero-order chi connectivity index (χ0) is 24.5. The van der Waals surface area contributed by atoms with Crippen molar-refractivity contribution in [3.63, 3.8) is 0 Å². The number of carbonyl (C=O) groups excluding carboxylic acids is 3. The zero-order valence-electron chi connectivity index (χ0n) is 20.0. The molecule has 3 saturated heterocycles. The van der Waals surface area contributed by atoms with Crippen molar-refractivity contribution < 1.29 is 14.4 Å². The lowest BCUT2D eigenvalue weighted by molar-refractivity contribution is -0.117. The van der Waals surface area contributed by atoms with Crippen LogP contribution in [0, 0.1) is 6.92 Å². The van der Waals surface area contributed by atoms with Crippen molar-refractivity contribution in [2.45, 2.75) is 51.1 Å². The van der Waals surface area contributed by atoms with Gasteiger partial charge >= 0.3 is 0 Å². The third-order valence-corrected chi connectivity index (χ3v) is 8.94. The van der Waals surface area contributed by atoms with E-state index in [1.807, 2.05) is 31.2 Å². The van der Waals surface area contributed by atoms with Crippen LogP contribution in [0.4, 0.5) is 5.69 Å². The van der Waals surface area contributed by atoms with Crippen LogP contribution in [0.3, 0.4) is 0 Å². The smallest absolute Gasteiger partial charge is 0.261 e. The Balaban J connectivity index is 1.24. The third-order valence-electron chi connectivity index (χ3n) is 7.31. The topological polar surface area (TPSA) is 73.0 Å². The predicted molar refractivity (Wildman–Crippen MR) is 141 cm³/mol. The van der Waals surface area contributed by atoms with Gasteiger partial charge in [0.1, 0.15) is 0 Å². The molecule has 7 nitrogen and oxygen atoms in total. The number of hydrogen-bond acceptors (Lipinski definition) is 5. The van der Waals surface area contributed by atoms with E-state index in [9.17, 15) is 14.4 Å². The lowest BCUT2D eigenvalue weighted by atomic mass is 10.1. The largest absolute Gasteiger partial charge is 0.346 e. The standard InChI is InChI=1S/C26H31BrN4O3S/c1-17-13-19(31-15-18(14-24(31)32)28-25(33)22-8-9-23(27)35-22)6-7-21(17)26(34)30-12-4-5-20(30)16-29-10-2-3-11-29/h6-9,13,18,20H,2-5,10-12,14-16H2,1H3,(H,28,33)/t18-,20+/m1/s1. The molecule has 1 aromatic heterocycles. The second-order valence-corrected chi connectivity index (χ2v) is 12.2.